The summed E-state index contributed by atoms with van der Waals surface area (Å²) in [5.41, 5.74) is 0.225. The van der Waals surface area contributed by atoms with Crippen LogP contribution in [-0.2, 0) is 23.8 Å². The first kappa shape index (κ1) is 28.3. The van der Waals surface area contributed by atoms with E-state index in [2.05, 4.69) is 52.1 Å². The quantitative estimate of drug-likeness (QED) is 0.236. The molecule has 0 aliphatic heterocycles. The van der Waals surface area contributed by atoms with Crippen LogP contribution in [0.3, 0.4) is 0 Å². The van der Waals surface area contributed by atoms with Crippen molar-refractivity contribution in [2.24, 2.45) is 11.3 Å². The van der Waals surface area contributed by atoms with E-state index in [1.807, 2.05) is 0 Å². The first-order valence-electron chi connectivity index (χ1n) is 12.6. The lowest BCUT2D eigenvalue weighted by Crippen LogP contribution is -2.26. The Kier molecular flexibility index (Phi) is 7.28. The zero-order chi connectivity index (χ0) is 29.0. The molecule has 0 saturated carbocycles. The highest BCUT2D eigenvalue weighted by Gasteiger charge is 2.38. The van der Waals surface area contributed by atoms with Crippen LogP contribution in [-0.4, -0.2) is 33.6 Å². The van der Waals surface area contributed by atoms with Gasteiger partial charge in [0.05, 0.1) is 22.8 Å². The lowest BCUT2D eigenvalue weighted by atomic mass is 9.72. The summed E-state index contributed by atoms with van der Waals surface area (Å²) in [7, 11) is 1.27. The lowest BCUT2D eigenvalue weighted by molar-refractivity contribution is -0.142. The molecule has 1 aromatic carbocycles. The molecule has 1 unspecified atom stereocenters. The van der Waals surface area contributed by atoms with Crippen LogP contribution >= 0.6 is 27.3 Å². The van der Waals surface area contributed by atoms with E-state index in [1.54, 1.807) is 30.3 Å². The predicted octanol–water partition coefficient (Wildman–Crippen LogP) is 7.43. The SMILES string of the molecule is COC(=O)c1c(NC(=O)c2nn3c(C(F)(F)F)cc(-c4ccccc4)nc3c2Br)sc2c1CCC(C(C)(C)C)C2. The van der Waals surface area contributed by atoms with Gasteiger partial charge in [-0.05, 0) is 58.2 Å². The molecule has 1 atom stereocenters. The van der Waals surface area contributed by atoms with Crippen LogP contribution in [0.5, 0.6) is 0 Å². The molecule has 5 rings (SSSR count). The first-order valence-corrected chi connectivity index (χ1v) is 14.2. The summed E-state index contributed by atoms with van der Waals surface area (Å²) in [6.07, 6.45) is -2.47. The zero-order valence-corrected chi connectivity index (χ0v) is 24.6. The maximum Gasteiger partial charge on any atom is 0.433 e. The Balaban J connectivity index is 1.57. The number of hydrogen-bond acceptors (Lipinski definition) is 6. The molecule has 3 aromatic heterocycles. The lowest BCUT2D eigenvalue weighted by Gasteiger charge is -2.33. The summed E-state index contributed by atoms with van der Waals surface area (Å²) in [6, 6.07) is 9.34. The minimum absolute atomic E-state index is 0.00187. The van der Waals surface area contributed by atoms with Gasteiger partial charge in [-0.1, -0.05) is 51.1 Å². The molecule has 7 nitrogen and oxygen atoms in total. The number of amides is 1. The summed E-state index contributed by atoms with van der Waals surface area (Å²) < 4.78 is 47.9. The van der Waals surface area contributed by atoms with Gasteiger partial charge in [-0.25, -0.2) is 14.3 Å². The van der Waals surface area contributed by atoms with Gasteiger partial charge in [0.2, 0.25) is 0 Å². The highest BCUT2D eigenvalue weighted by Crippen LogP contribution is 2.45. The average Bonchev–Trinajstić information content (AvgIpc) is 3.43. The van der Waals surface area contributed by atoms with Crippen molar-refractivity contribution < 1.29 is 27.5 Å². The Labute approximate surface area is 240 Å². The molecular formula is C28H26BrF3N4O3S. The maximum atomic E-state index is 14.1. The van der Waals surface area contributed by atoms with Gasteiger partial charge >= 0.3 is 12.1 Å². The monoisotopic (exact) mass is 634 g/mol. The van der Waals surface area contributed by atoms with Gasteiger partial charge in [0.15, 0.2) is 17.0 Å². The number of anilines is 1. The van der Waals surface area contributed by atoms with E-state index in [1.165, 1.54) is 18.4 Å². The molecule has 1 aliphatic carbocycles. The number of benzene rings is 1. The predicted molar refractivity (Wildman–Crippen MR) is 150 cm³/mol. The van der Waals surface area contributed by atoms with Gasteiger partial charge < -0.3 is 10.1 Å². The number of alkyl halides is 3. The van der Waals surface area contributed by atoms with Crippen molar-refractivity contribution in [2.75, 3.05) is 12.4 Å². The molecule has 0 bridgehead atoms. The summed E-state index contributed by atoms with van der Waals surface area (Å²) in [6.45, 7) is 6.52. The van der Waals surface area contributed by atoms with Crippen LogP contribution < -0.4 is 5.32 Å². The second-order valence-electron chi connectivity index (χ2n) is 10.7. The molecule has 0 saturated heterocycles. The van der Waals surface area contributed by atoms with Gasteiger partial charge in [0, 0.05) is 10.4 Å². The number of hydrogen-bond donors (Lipinski definition) is 1. The minimum atomic E-state index is -4.77. The summed E-state index contributed by atoms with van der Waals surface area (Å²) in [5.74, 6) is -0.960. The zero-order valence-electron chi connectivity index (χ0n) is 22.1. The van der Waals surface area contributed by atoms with E-state index in [-0.39, 0.29) is 37.5 Å². The fraction of sp³-hybridized carbons (Fsp3) is 0.357. The maximum absolute atomic E-state index is 14.1. The number of carbonyl (C=O) groups is 2. The number of thiophene rings is 1. The molecule has 210 valence electrons. The summed E-state index contributed by atoms with van der Waals surface area (Å²) in [5, 5.41) is 7.00. The van der Waals surface area contributed by atoms with Gasteiger partial charge in [0.1, 0.15) is 5.00 Å². The molecule has 1 N–H and O–H groups in total. The van der Waals surface area contributed by atoms with Crippen molar-refractivity contribution in [1.29, 1.82) is 0 Å². The molecule has 0 radical (unpaired) electrons. The van der Waals surface area contributed by atoms with Crippen molar-refractivity contribution >= 4 is 49.8 Å². The van der Waals surface area contributed by atoms with Crippen LogP contribution in [0.1, 0.15) is 64.2 Å². The van der Waals surface area contributed by atoms with Crippen molar-refractivity contribution in [3.05, 3.63) is 68.3 Å². The largest absolute Gasteiger partial charge is 0.465 e. The fourth-order valence-electron chi connectivity index (χ4n) is 4.99. The van der Waals surface area contributed by atoms with Gasteiger partial charge in [-0.3, -0.25) is 4.79 Å². The van der Waals surface area contributed by atoms with Crippen LogP contribution in [0.4, 0.5) is 18.2 Å². The number of nitrogens with one attached hydrogen (secondary N) is 1. The van der Waals surface area contributed by atoms with E-state index in [0.717, 1.165) is 29.3 Å². The highest BCUT2D eigenvalue weighted by atomic mass is 79.9. The average molecular weight is 636 g/mol. The van der Waals surface area contributed by atoms with Crippen molar-refractivity contribution in [1.82, 2.24) is 14.6 Å². The number of fused-ring (bicyclic) bond motifs is 2. The van der Waals surface area contributed by atoms with E-state index in [0.29, 0.717) is 22.4 Å². The van der Waals surface area contributed by atoms with Crippen molar-refractivity contribution in [2.45, 2.75) is 46.2 Å². The normalized spacial score (nSPS) is 15.7. The standard InChI is InChI=1S/C28H26BrF3N4O3S/c1-27(2,3)15-10-11-16-18(12-15)40-25(20(16)26(38)39-4)34-24(37)22-21(29)23-33-17(14-8-6-5-7-9-14)13-19(28(30,31)32)36(23)35-22/h5-9,13,15H,10-12H2,1-4H3,(H,34,37). The molecule has 1 aliphatic rings. The third kappa shape index (κ3) is 5.14. The second-order valence-corrected chi connectivity index (χ2v) is 12.6. The Bertz CT molecular complexity index is 1620. The second kappa shape index (κ2) is 10.3. The molecule has 12 heteroatoms. The number of carbonyl (C=O) groups excluding carboxylic acids is 2. The minimum Gasteiger partial charge on any atom is -0.465 e. The van der Waals surface area contributed by atoms with Crippen LogP contribution in [0.15, 0.2) is 40.9 Å². The van der Waals surface area contributed by atoms with E-state index >= 15 is 0 Å². The molecular weight excluding hydrogens is 609 g/mol. The molecule has 0 fully saturated rings. The molecule has 3 heterocycles. The van der Waals surface area contributed by atoms with E-state index < -0.39 is 23.7 Å². The number of rotatable bonds is 4. The van der Waals surface area contributed by atoms with Crippen LogP contribution in [0, 0.1) is 11.3 Å². The molecule has 1 amide bonds. The third-order valence-electron chi connectivity index (χ3n) is 7.21. The van der Waals surface area contributed by atoms with Crippen LogP contribution in [0.25, 0.3) is 16.9 Å². The Morgan fingerprint density at radius 2 is 1.88 bits per heavy atom. The number of aromatic nitrogens is 3. The van der Waals surface area contributed by atoms with Gasteiger partial charge in [0.25, 0.3) is 5.91 Å². The Morgan fingerprint density at radius 3 is 2.50 bits per heavy atom. The number of ether oxygens (including phenoxy) is 1. The molecule has 4 aromatic rings. The summed E-state index contributed by atoms with van der Waals surface area (Å²) in [4.78, 5) is 31.6. The van der Waals surface area contributed by atoms with Gasteiger partial charge in [-0.2, -0.15) is 18.3 Å². The third-order valence-corrected chi connectivity index (χ3v) is 9.11. The number of nitrogens with zero attached hydrogens (tertiary/aromatic N) is 3. The van der Waals surface area contributed by atoms with E-state index in [9.17, 15) is 22.8 Å². The molecule has 0 spiro atoms. The molecule has 40 heavy (non-hydrogen) atoms. The van der Waals surface area contributed by atoms with E-state index in [4.69, 9.17) is 4.74 Å². The smallest absolute Gasteiger partial charge is 0.433 e. The van der Waals surface area contributed by atoms with Crippen molar-refractivity contribution in [3.8, 4) is 11.3 Å². The number of halogens is 4. The fourth-order valence-corrected chi connectivity index (χ4v) is 6.82. The Hall–Kier alpha value is -3.25. The first-order chi connectivity index (χ1) is 18.8. The number of methoxy groups -OCH3 is 1. The highest BCUT2D eigenvalue weighted by molar-refractivity contribution is 9.10. The van der Waals surface area contributed by atoms with Crippen LogP contribution in [0.2, 0.25) is 0 Å². The topological polar surface area (TPSA) is 85.6 Å². The number of esters is 1. The van der Waals surface area contributed by atoms with Gasteiger partial charge in [-0.15, -0.1) is 11.3 Å². The van der Waals surface area contributed by atoms with Crippen molar-refractivity contribution in [3.63, 3.8) is 0 Å². The summed E-state index contributed by atoms with van der Waals surface area (Å²) >= 11 is 4.55. The Morgan fingerprint density at radius 1 is 1.18 bits per heavy atom.